The highest BCUT2D eigenvalue weighted by Gasteiger charge is 2.10. The van der Waals surface area contributed by atoms with Gasteiger partial charge in [0.15, 0.2) is 0 Å². The Kier molecular flexibility index (Phi) is 1.89. The van der Waals surface area contributed by atoms with Crippen LogP contribution in [0.15, 0.2) is 18.2 Å². The van der Waals surface area contributed by atoms with Gasteiger partial charge in [0.2, 0.25) is 0 Å². The van der Waals surface area contributed by atoms with Crippen LogP contribution in [0.4, 0.5) is 5.69 Å². The maximum Gasteiger partial charge on any atom is 0.113 e. The largest absolute Gasteiger partial charge is 0.350 e. The van der Waals surface area contributed by atoms with Crippen LogP contribution in [0, 0.1) is 0 Å². The van der Waals surface area contributed by atoms with Gasteiger partial charge in [-0.05, 0) is 18.1 Å². The smallest absolute Gasteiger partial charge is 0.113 e. The molecule has 0 saturated carbocycles. The number of rotatable bonds is 0. The van der Waals surface area contributed by atoms with Crippen molar-refractivity contribution in [1.82, 2.24) is 0 Å². The summed E-state index contributed by atoms with van der Waals surface area (Å²) in [6.07, 6.45) is 1.94. The van der Waals surface area contributed by atoms with Crippen LogP contribution >= 0.6 is 12.2 Å². The molecule has 1 aliphatic rings. The molecule has 0 saturated heterocycles. The molecule has 12 heavy (non-hydrogen) atoms. The van der Waals surface area contributed by atoms with Gasteiger partial charge in [-0.3, -0.25) is 0 Å². The number of aryl methyl sites for hydroxylation is 1. The van der Waals surface area contributed by atoms with Gasteiger partial charge in [0.25, 0.3) is 0 Å². The van der Waals surface area contributed by atoms with Crippen molar-refractivity contribution in [1.29, 1.82) is 0 Å². The van der Waals surface area contributed by atoms with Crippen molar-refractivity contribution in [2.75, 3.05) is 5.32 Å². The molecule has 2 rings (SSSR count). The van der Waals surface area contributed by atoms with E-state index >= 15 is 0 Å². The Balaban J connectivity index is 2.43. The van der Waals surface area contributed by atoms with Crippen LogP contribution in [-0.2, 0) is 6.42 Å². The van der Waals surface area contributed by atoms with Crippen LogP contribution < -0.4 is 10.8 Å². The number of thiocarbonyl (C=S) groups is 1. The van der Waals surface area contributed by atoms with Crippen molar-refractivity contribution >= 4 is 36.2 Å². The summed E-state index contributed by atoms with van der Waals surface area (Å²) in [6, 6.07) is 5.88. The van der Waals surface area contributed by atoms with E-state index in [1.807, 2.05) is 18.2 Å². The second-order valence-corrected chi connectivity index (χ2v) is 3.46. The number of fused-ring (bicyclic) bond motifs is 1. The van der Waals surface area contributed by atoms with Crippen LogP contribution in [0.25, 0.3) is 0 Å². The minimum Gasteiger partial charge on any atom is -0.350 e. The van der Waals surface area contributed by atoms with E-state index in [-0.39, 0.29) is 0 Å². The molecule has 1 heterocycles. The Labute approximate surface area is 78.6 Å². The lowest BCUT2D eigenvalue weighted by Gasteiger charge is -2.18. The van der Waals surface area contributed by atoms with Gasteiger partial charge in [0, 0.05) is 12.1 Å². The molecule has 0 aromatic heterocycles. The molecule has 1 N–H and O–H groups in total. The van der Waals surface area contributed by atoms with E-state index in [0.717, 1.165) is 29.0 Å². The van der Waals surface area contributed by atoms with E-state index < -0.39 is 0 Å². The van der Waals surface area contributed by atoms with Crippen LogP contribution in [0.3, 0.4) is 0 Å². The van der Waals surface area contributed by atoms with Crippen LogP contribution in [-0.4, -0.2) is 12.8 Å². The first-order valence-corrected chi connectivity index (χ1v) is 4.35. The molecule has 0 amide bonds. The third-order valence-corrected chi connectivity index (χ3v) is 2.33. The number of hydrogen-bond donors (Lipinski definition) is 1. The standard InChI is InChI=1S/C9H8BNS/c10-7-2-3-8-6(5-7)1-4-9(12)11-8/h2-3,5H,1,4H2,(H,11,12). The maximum atomic E-state index is 5.66. The number of benzene rings is 1. The summed E-state index contributed by atoms with van der Waals surface area (Å²) >= 11 is 5.07. The fourth-order valence-electron chi connectivity index (χ4n) is 1.40. The predicted molar refractivity (Wildman–Crippen MR) is 56.4 cm³/mol. The highest BCUT2D eigenvalue weighted by Crippen LogP contribution is 2.20. The first-order chi connectivity index (χ1) is 5.75. The van der Waals surface area contributed by atoms with E-state index in [9.17, 15) is 0 Å². The lowest BCUT2D eigenvalue weighted by Crippen LogP contribution is -2.19. The highest BCUT2D eigenvalue weighted by atomic mass is 32.1. The molecular formula is C9H8BNS. The summed E-state index contributed by atoms with van der Waals surface area (Å²) in [5, 5.41) is 3.16. The Bertz CT molecular complexity index is 335. The van der Waals surface area contributed by atoms with Gasteiger partial charge in [-0.25, -0.2) is 0 Å². The molecule has 0 bridgehead atoms. The maximum absolute atomic E-state index is 5.66. The van der Waals surface area contributed by atoms with Crippen LogP contribution in [0.5, 0.6) is 0 Å². The van der Waals surface area contributed by atoms with E-state index in [2.05, 4.69) is 5.32 Å². The van der Waals surface area contributed by atoms with Crippen molar-refractivity contribution < 1.29 is 0 Å². The quantitative estimate of drug-likeness (QED) is 0.466. The molecule has 1 aromatic carbocycles. The minimum absolute atomic E-state index is 0.823. The van der Waals surface area contributed by atoms with E-state index in [1.54, 1.807) is 0 Å². The van der Waals surface area contributed by atoms with Crippen molar-refractivity contribution in [3.8, 4) is 0 Å². The third-order valence-electron chi connectivity index (χ3n) is 2.02. The summed E-state index contributed by atoms with van der Waals surface area (Å²) in [5.74, 6) is 0. The Morgan fingerprint density at radius 2 is 2.17 bits per heavy atom. The second-order valence-electron chi connectivity index (χ2n) is 2.96. The molecule has 0 aliphatic carbocycles. The van der Waals surface area contributed by atoms with E-state index in [0.29, 0.717) is 0 Å². The van der Waals surface area contributed by atoms with E-state index in [1.165, 1.54) is 5.56 Å². The summed E-state index contributed by atoms with van der Waals surface area (Å²) in [4.78, 5) is 0.923. The topological polar surface area (TPSA) is 12.0 Å². The number of anilines is 1. The van der Waals surface area contributed by atoms with Crippen LogP contribution in [0.2, 0.25) is 0 Å². The molecule has 0 unspecified atom stereocenters. The second kappa shape index (κ2) is 2.90. The first-order valence-electron chi connectivity index (χ1n) is 3.94. The molecule has 1 aliphatic heterocycles. The average Bonchev–Trinajstić information content (AvgIpc) is 2.05. The normalized spacial score (nSPS) is 15.2. The molecule has 1 nitrogen and oxygen atoms in total. The van der Waals surface area contributed by atoms with Crippen LogP contribution in [0.1, 0.15) is 12.0 Å². The van der Waals surface area contributed by atoms with E-state index in [4.69, 9.17) is 20.1 Å². The van der Waals surface area contributed by atoms with Gasteiger partial charge in [-0.15, -0.1) is 0 Å². The highest BCUT2D eigenvalue weighted by molar-refractivity contribution is 7.80. The fraction of sp³-hybridized carbons (Fsp3) is 0.222. The zero-order valence-corrected chi connectivity index (χ0v) is 7.45. The Morgan fingerprint density at radius 3 is 3.00 bits per heavy atom. The van der Waals surface area contributed by atoms with Gasteiger partial charge in [0.1, 0.15) is 7.85 Å². The van der Waals surface area contributed by atoms with Gasteiger partial charge in [0.05, 0.1) is 4.99 Å². The SMILES string of the molecule is [B]c1ccc2c(c1)CCC(=S)N2. The van der Waals surface area contributed by atoms with Gasteiger partial charge in [-0.2, -0.15) is 0 Å². The molecule has 2 radical (unpaired) electrons. The molecule has 1 aromatic rings. The van der Waals surface area contributed by atoms with Gasteiger partial charge >= 0.3 is 0 Å². The van der Waals surface area contributed by atoms with Crippen molar-refractivity contribution in [3.05, 3.63) is 23.8 Å². The zero-order valence-electron chi connectivity index (χ0n) is 6.63. The number of nitrogens with one attached hydrogen (secondary N) is 1. The first kappa shape index (κ1) is 7.81. The van der Waals surface area contributed by atoms with Gasteiger partial charge < -0.3 is 5.32 Å². The zero-order chi connectivity index (χ0) is 8.55. The predicted octanol–water partition coefficient (Wildman–Crippen LogP) is 1.17. The third kappa shape index (κ3) is 1.37. The molecule has 0 spiro atoms. The van der Waals surface area contributed by atoms with Gasteiger partial charge in [-0.1, -0.05) is 29.8 Å². The minimum atomic E-state index is 0.823. The molecular weight excluding hydrogens is 165 g/mol. The summed E-state index contributed by atoms with van der Waals surface area (Å²) in [5.41, 5.74) is 3.20. The lowest BCUT2D eigenvalue weighted by atomic mass is 9.91. The monoisotopic (exact) mass is 173 g/mol. The van der Waals surface area contributed by atoms with Crippen molar-refractivity contribution in [3.63, 3.8) is 0 Å². The number of hydrogen-bond acceptors (Lipinski definition) is 1. The Morgan fingerprint density at radius 1 is 1.33 bits per heavy atom. The molecule has 0 fully saturated rings. The summed E-state index contributed by atoms with van der Waals surface area (Å²) in [7, 11) is 5.66. The summed E-state index contributed by atoms with van der Waals surface area (Å²) in [6.45, 7) is 0. The molecule has 0 atom stereocenters. The average molecular weight is 173 g/mol. The molecule has 3 heteroatoms. The lowest BCUT2D eigenvalue weighted by molar-refractivity contribution is 1.03. The molecule has 58 valence electrons. The van der Waals surface area contributed by atoms with Crippen molar-refractivity contribution in [2.24, 2.45) is 0 Å². The van der Waals surface area contributed by atoms with Crippen molar-refractivity contribution in [2.45, 2.75) is 12.8 Å². The summed E-state index contributed by atoms with van der Waals surface area (Å²) < 4.78 is 0. The Hall–Kier alpha value is -0.825. The fourth-order valence-corrected chi connectivity index (χ4v) is 1.62.